The summed E-state index contributed by atoms with van der Waals surface area (Å²) < 4.78 is 5.01. The van der Waals surface area contributed by atoms with Gasteiger partial charge in [0.05, 0.1) is 19.3 Å². The molecule has 3 N–H and O–H groups in total. The smallest absolute Gasteiger partial charge is 0.251 e. The number of rotatable bonds is 5. The largest absolute Gasteiger partial charge is 0.495 e. The first-order chi connectivity index (χ1) is 8.99. The number of likely N-dealkylation sites (N-methyl/N-ethyl adjacent to an activating group) is 1. The maximum absolute atomic E-state index is 11.8. The van der Waals surface area contributed by atoms with E-state index in [0.717, 1.165) is 0 Å². The molecule has 6 nitrogen and oxygen atoms in total. The van der Waals surface area contributed by atoms with Crippen LogP contribution in [0.2, 0.25) is 0 Å². The third-order valence-electron chi connectivity index (χ3n) is 2.79. The third-order valence-corrected chi connectivity index (χ3v) is 2.79. The monoisotopic (exact) mass is 265 g/mol. The number of amides is 2. The number of ether oxygens (including phenoxy) is 1. The Balaban J connectivity index is 2.64. The molecule has 19 heavy (non-hydrogen) atoms. The van der Waals surface area contributed by atoms with E-state index in [-0.39, 0.29) is 18.4 Å². The second kappa shape index (κ2) is 6.63. The summed E-state index contributed by atoms with van der Waals surface area (Å²) in [7, 11) is 3.19. The van der Waals surface area contributed by atoms with Crippen LogP contribution in [0.5, 0.6) is 5.75 Å². The average molecular weight is 265 g/mol. The van der Waals surface area contributed by atoms with Gasteiger partial charge in [-0.25, -0.2) is 0 Å². The van der Waals surface area contributed by atoms with E-state index in [0.29, 0.717) is 23.5 Å². The van der Waals surface area contributed by atoms with Crippen LogP contribution < -0.4 is 15.8 Å². The molecule has 0 spiro atoms. The Morgan fingerprint density at radius 2 is 2.11 bits per heavy atom. The number of nitrogens with two attached hydrogens (primary N) is 1. The standard InChI is InChI=1S/C13H19N3O3/c1-4-16(2)12(17)8-15-13(18)9-5-6-11(19-3)10(14)7-9/h5-7H,4,8,14H2,1-3H3,(H,15,18). The number of benzene rings is 1. The molecule has 0 radical (unpaired) electrons. The first-order valence-corrected chi connectivity index (χ1v) is 5.95. The number of nitrogen functional groups attached to an aromatic ring is 1. The van der Waals surface area contributed by atoms with Crippen molar-refractivity contribution in [3.05, 3.63) is 23.8 Å². The molecule has 0 aromatic heterocycles. The summed E-state index contributed by atoms with van der Waals surface area (Å²) in [4.78, 5) is 24.9. The number of anilines is 1. The number of hydrogen-bond donors (Lipinski definition) is 2. The SMILES string of the molecule is CCN(C)C(=O)CNC(=O)c1ccc(OC)c(N)c1. The van der Waals surface area contributed by atoms with Crippen molar-refractivity contribution in [2.75, 3.05) is 33.0 Å². The maximum atomic E-state index is 11.8. The number of hydrogen-bond acceptors (Lipinski definition) is 4. The Kier molecular flexibility index (Phi) is 5.17. The number of methoxy groups -OCH3 is 1. The van der Waals surface area contributed by atoms with E-state index in [9.17, 15) is 9.59 Å². The van der Waals surface area contributed by atoms with Crippen molar-refractivity contribution in [3.8, 4) is 5.75 Å². The summed E-state index contributed by atoms with van der Waals surface area (Å²) >= 11 is 0. The van der Waals surface area contributed by atoms with Gasteiger partial charge in [0.2, 0.25) is 5.91 Å². The normalized spacial score (nSPS) is 9.84. The lowest BCUT2D eigenvalue weighted by molar-refractivity contribution is -0.128. The van der Waals surface area contributed by atoms with E-state index in [1.807, 2.05) is 6.92 Å². The number of nitrogens with zero attached hydrogens (tertiary/aromatic N) is 1. The van der Waals surface area contributed by atoms with E-state index < -0.39 is 0 Å². The molecule has 0 saturated heterocycles. The van der Waals surface area contributed by atoms with Gasteiger partial charge >= 0.3 is 0 Å². The van der Waals surface area contributed by atoms with Crippen LogP contribution >= 0.6 is 0 Å². The van der Waals surface area contributed by atoms with Gasteiger partial charge in [-0.2, -0.15) is 0 Å². The van der Waals surface area contributed by atoms with Crippen molar-refractivity contribution in [2.45, 2.75) is 6.92 Å². The Hall–Kier alpha value is -2.24. The molecule has 0 unspecified atom stereocenters. The van der Waals surface area contributed by atoms with Gasteiger partial charge in [0.1, 0.15) is 5.75 Å². The van der Waals surface area contributed by atoms with Crippen LogP contribution in [-0.4, -0.2) is 44.0 Å². The highest BCUT2D eigenvalue weighted by molar-refractivity contribution is 5.97. The molecular weight excluding hydrogens is 246 g/mol. The molecule has 0 heterocycles. The molecule has 104 valence electrons. The predicted octanol–water partition coefficient (Wildman–Crippen LogP) is 0.485. The highest BCUT2D eigenvalue weighted by Crippen LogP contribution is 2.21. The number of nitrogens with one attached hydrogen (secondary N) is 1. The first kappa shape index (κ1) is 14.8. The second-order valence-corrected chi connectivity index (χ2v) is 4.05. The molecule has 0 fully saturated rings. The van der Waals surface area contributed by atoms with Gasteiger partial charge < -0.3 is 20.7 Å². The van der Waals surface area contributed by atoms with Crippen molar-refractivity contribution < 1.29 is 14.3 Å². The van der Waals surface area contributed by atoms with Crippen LogP contribution in [0, 0.1) is 0 Å². The fourth-order valence-corrected chi connectivity index (χ4v) is 1.44. The molecule has 0 aliphatic rings. The molecule has 0 aliphatic carbocycles. The van der Waals surface area contributed by atoms with Crippen LogP contribution in [0.4, 0.5) is 5.69 Å². The molecule has 0 aliphatic heterocycles. The maximum Gasteiger partial charge on any atom is 0.251 e. The summed E-state index contributed by atoms with van der Waals surface area (Å²) in [5.41, 5.74) is 6.49. The molecule has 2 amide bonds. The molecule has 0 saturated carbocycles. The Labute approximate surface area is 112 Å². The zero-order valence-corrected chi connectivity index (χ0v) is 11.4. The predicted molar refractivity (Wildman–Crippen MR) is 73.1 cm³/mol. The van der Waals surface area contributed by atoms with Crippen LogP contribution in [0.15, 0.2) is 18.2 Å². The zero-order chi connectivity index (χ0) is 14.4. The molecule has 1 aromatic rings. The average Bonchev–Trinajstić information content (AvgIpc) is 2.43. The van der Waals surface area contributed by atoms with E-state index in [1.165, 1.54) is 18.1 Å². The lowest BCUT2D eigenvalue weighted by atomic mass is 10.1. The molecule has 0 atom stereocenters. The molecule has 1 aromatic carbocycles. The zero-order valence-electron chi connectivity index (χ0n) is 11.4. The quantitative estimate of drug-likeness (QED) is 0.759. The van der Waals surface area contributed by atoms with E-state index in [4.69, 9.17) is 10.5 Å². The van der Waals surface area contributed by atoms with Crippen molar-refractivity contribution in [1.29, 1.82) is 0 Å². The van der Waals surface area contributed by atoms with Gasteiger partial charge in [-0.05, 0) is 25.1 Å². The summed E-state index contributed by atoms with van der Waals surface area (Å²) in [6.45, 7) is 2.43. The van der Waals surface area contributed by atoms with Crippen LogP contribution in [-0.2, 0) is 4.79 Å². The minimum atomic E-state index is -0.341. The van der Waals surface area contributed by atoms with E-state index >= 15 is 0 Å². The minimum absolute atomic E-state index is 0.0326. The van der Waals surface area contributed by atoms with Crippen LogP contribution in [0.25, 0.3) is 0 Å². The topological polar surface area (TPSA) is 84.7 Å². The molecule has 1 rings (SSSR count). The van der Waals surface area contributed by atoms with Crippen molar-refractivity contribution >= 4 is 17.5 Å². The molecular formula is C13H19N3O3. The van der Waals surface area contributed by atoms with Gasteiger partial charge in [0.25, 0.3) is 5.91 Å². The van der Waals surface area contributed by atoms with Crippen molar-refractivity contribution in [1.82, 2.24) is 10.2 Å². The number of carbonyl (C=O) groups excluding carboxylic acids is 2. The van der Waals surface area contributed by atoms with Gasteiger partial charge in [-0.15, -0.1) is 0 Å². The summed E-state index contributed by atoms with van der Waals surface area (Å²) in [5.74, 6) is 0.0304. The first-order valence-electron chi connectivity index (χ1n) is 5.95. The fourth-order valence-electron chi connectivity index (χ4n) is 1.44. The Morgan fingerprint density at radius 1 is 1.42 bits per heavy atom. The highest BCUT2D eigenvalue weighted by atomic mass is 16.5. The van der Waals surface area contributed by atoms with Crippen LogP contribution in [0.1, 0.15) is 17.3 Å². The number of carbonyl (C=O) groups is 2. The van der Waals surface area contributed by atoms with Crippen molar-refractivity contribution in [2.24, 2.45) is 0 Å². The second-order valence-electron chi connectivity index (χ2n) is 4.05. The third kappa shape index (κ3) is 3.87. The summed E-state index contributed by atoms with van der Waals surface area (Å²) in [5, 5.41) is 2.55. The van der Waals surface area contributed by atoms with Gasteiger partial charge in [0.15, 0.2) is 0 Å². The van der Waals surface area contributed by atoms with E-state index in [1.54, 1.807) is 19.2 Å². The Morgan fingerprint density at radius 3 is 2.63 bits per heavy atom. The van der Waals surface area contributed by atoms with E-state index in [2.05, 4.69) is 5.32 Å². The van der Waals surface area contributed by atoms with Gasteiger partial charge in [-0.1, -0.05) is 0 Å². The lowest BCUT2D eigenvalue weighted by Gasteiger charge is -2.14. The molecule has 0 bridgehead atoms. The molecule has 6 heteroatoms. The fraction of sp³-hybridized carbons (Fsp3) is 0.385. The summed E-state index contributed by atoms with van der Waals surface area (Å²) in [6, 6.07) is 4.73. The lowest BCUT2D eigenvalue weighted by Crippen LogP contribution is -2.38. The van der Waals surface area contributed by atoms with Gasteiger partial charge in [0, 0.05) is 19.2 Å². The van der Waals surface area contributed by atoms with Gasteiger partial charge in [-0.3, -0.25) is 9.59 Å². The highest BCUT2D eigenvalue weighted by Gasteiger charge is 2.11. The Bertz CT molecular complexity index is 474. The minimum Gasteiger partial charge on any atom is -0.495 e. The van der Waals surface area contributed by atoms with Crippen LogP contribution in [0.3, 0.4) is 0 Å². The summed E-state index contributed by atoms with van der Waals surface area (Å²) in [6.07, 6.45) is 0. The van der Waals surface area contributed by atoms with Crippen molar-refractivity contribution in [3.63, 3.8) is 0 Å².